The van der Waals surface area contributed by atoms with E-state index in [1.54, 1.807) is 0 Å². The number of ether oxygens (including phenoxy) is 1. The lowest BCUT2D eigenvalue weighted by atomic mass is 9.78. The molecule has 4 unspecified atom stereocenters. The quantitative estimate of drug-likeness (QED) is 0.693. The molecule has 0 aromatic carbocycles. The van der Waals surface area contributed by atoms with Gasteiger partial charge < -0.3 is 4.74 Å². The number of carbonyl (C=O) groups is 1. The summed E-state index contributed by atoms with van der Waals surface area (Å²) >= 11 is 0. The van der Waals surface area contributed by atoms with Crippen molar-refractivity contribution < 1.29 is 9.53 Å². The van der Waals surface area contributed by atoms with Gasteiger partial charge in [0, 0.05) is 6.04 Å². The molecule has 1 aliphatic heterocycles. The fraction of sp³-hybridized carbons (Fsp3) is 0.929. The largest absolute Gasteiger partial charge is 0.468 e. The minimum absolute atomic E-state index is 0.0330. The van der Waals surface area contributed by atoms with Crippen LogP contribution in [-0.2, 0) is 9.53 Å². The van der Waals surface area contributed by atoms with Gasteiger partial charge in [-0.3, -0.25) is 9.69 Å². The highest BCUT2D eigenvalue weighted by Gasteiger charge is 2.38. The molecule has 1 aliphatic carbocycles. The predicted octanol–water partition coefficient (Wildman–Crippen LogP) is 2.45. The zero-order valence-electron chi connectivity index (χ0n) is 11.3. The van der Waals surface area contributed by atoms with Gasteiger partial charge in [0.25, 0.3) is 0 Å². The summed E-state index contributed by atoms with van der Waals surface area (Å²) in [5.41, 5.74) is 0. The molecular weight excluding hydrogens is 214 g/mol. The summed E-state index contributed by atoms with van der Waals surface area (Å²) in [6, 6.07) is 0.637. The monoisotopic (exact) mass is 239 g/mol. The minimum Gasteiger partial charge on any atom is -0.468 e. The number of likely N-dealkylation sites (tertiary alicyclic amines) is 1. The Bertz CT molecular complexity index is 279. The van der Waals surface area contributed by atoms with Crippen molar-refractivity contribution in [2.24, 2.45) is 11.8 Å². The van der Waals surface area contributed by atoms with Crippen molar-refractivity contribution in [3.8, 4) is 0 Å². The van der Waals surface area contributed by atoms with Crippen molar-refractivity contribution in [3.05, 3.63) is 0 Å². The molecule has 1 saturated carbocycles. The molecule has 0 radical (unpaired) electrons. The zero-order chi connectivity index (χ0) is 12.4. The van der Waals surface area contributed by atoms with Crippen LogP contribution in [0.4, 0.5) is 0 Å². The number of carbonyl (C=O) groups excluding carboxylic acids is 1. The zero-order valence-corrected chi connectivity index (χ0v) is 11.3. The van der Waals surface area contributed by atoms with Crippen LogP contribution in [-0.4, -0.2) is 36.6 Å². The third-order valence-corrected chi connectivity index (χ3v) is 4.81. The molecule has 98 valence electrons. The molecule has 0 amide bonds. The molecule has 0 spiro atoms. The van der Waals surface area contributed by atoms with Crippen LogP contribution < -0.4 is 0 Å². The Balaban J connectivity index is 1.99. The maximum atomic E-state index is 11.7. The Morgan fingerprint density at radius 1 is 1.18 bits per heavy atom. The lowest BCUT2D eigenvalue weighted by Crippen LogP contribution is -2.46. The molecule has 2 aliphatic rings. The average molecular weight is 239 g/mol. The predicted molar refractivity (Wildman–Crippen MR) is 67.7 cm³/mol. The molecule has 0 bridgehead atoms. The Morgan fingerprint density at radius 3 is 2.59 bits per heavy atom. The third kappa shape index (κ3) is 2.65. The summed E-state index contributed by atoms with van der Waals surface area (Å²) in [7, 11) is 1.50. The van der Waals surface area contributed by atoms with Crippen molar-refractivity contribution in [2.45, 2.75) is 58.0 Å². The molecule has 0 N–H and O–H groups in total. The molecule has 3 heteroatoms. The summed E-state index contributed by atoms with van der Waals surface area (Å²) < 4.78 is 4.92. The van der Waals surface area contributed by atoms with Gasteiger partial charge in [-0.1, -0.05) is 13.8 Å². The standard InChI is InChI=1S/C14H25NO2/c1-10-6-7-12(9-11(10)2)15-8-4-5-13(15)14(16)17-3/h10-13H,4-9H2,1-3H3. The van der Waals surface area contributed by atoms with Crippen LogP contribution in [0.15, 0.2) is 0 Å². The molecule has 0 aromatic heterocycles. The van der Waals surface area contributed by atoms with E-state index in [9.17, 15) is 4.79 Å². The van der Waals surface area contributed by atoms with Gasteiger partial charge in [0.2, 0.25) is 0 Å². The summed E-state index contributed by atoms with van der Waals surface area (Å²) in [6.07, 6.45) is 5.91. The first-order valence-corrected chi connectivity index (χ1v) is 6.97. The van der Waals surface area contributed by atoms with E-state index >= 15 is 0 Å². The van der Waals surface area contributed by atoms with Crippen molar-refractivity contribution in [3.63, 3.8) is 0 Å². The van der Waals surface area contributed by atoms with Gasteiger partial charge in [-0.05, 0) is 50.5 Å². The first-order valence-electron chi connectivity index (χ1n) is 6.97. The Kier molecular flexibility index (Phi) is 4.08. The molecule has 2 fully saturated rings. The molecule has 0 aromatic rings. The SMILES string of the molecule is COC(=O)C1CCCN1C1CCC(C)C(C)C1. The maximum absolute atomic E-state index is 11.7. The summed E-state index contributed by atoms with van der Waals surface area (Å²) in [6.45, 7) is 5.77. The molecule has 3 nitrogen and oxygen atoms in total. The second-order valence-electron chi connectivity index (χ2n) is 5.84. The van der Waals surface area contributed by atoms with Gasteiger partial charge in [-0.2, -0.15) is 0 Å². The highest BCUT2D eigenvalue weighted by molar-refractivity contribution is 5.76. The Labute approximate surface area is 105 Å². The van der Waals surface area contributed by atoms with Gasteiger partial charge in [0.05, 0.1) is 7.11 Å². The second kappa shape index (κ2) is 5.38. The molecule has 17 heavy (non-hydrogen) atoms. The van der Waals surface area contributed by atoms with Gasteiger partial charge in [0.15, 0.2) is 0 Å². The number of esters is 1. The summed E-state index contributed by atoms with van der Waals surface area (Å²) in [5, 5.41) is 0. The lowest BCUT2D eigenvalue weighted by Gasteiger charge is -2.39. The summed E-state index contributed by atoms with van der Waals surface area (Å²) in [4.78, 5) is 14.2. The first-order chi connectivity index (χ1) is 8.13. The maximum Gasteiger partial charge on any atom is 0.323 e. The topological polar surface area (TPSA) is 29.5 Å². The van der Waals surface area contributed by atoms with Crippen LogP contribution in [0.3, 0.4) is 0 Å². The normalized spacial score (nSPS) is 39.2. The molecule has 1 heterocycles. The second-order valence-corrected chi connectivity index (χ2v) is 5.84. The van der Waals surface area contributed by atoms with E-state index in [1.807, 2.05) is 0 Å². The first kappa shape index (κ1) is 12.9. The minimum atomic E-state index is -0.0335. The fourth-order valence-corrected chi connectivity index (χ4v) is 3.44. The van der Waals surface area contributed by atoms with Gasteiger partial charge in [-0.15, -0.1) is 0 Å². The number of hydrogen-bond donors (Lipinski definition) is 0. The molecule has 1 saturated heterocycles. The number of nitrogens with zero attached hydrogens (tertiary/aromatic N) is 1. The van der Waals surface area contributed by atoms with E-state index in [2.05, 4.69) is 18.7 Å². The van der Waals surface area contributed by atoms with Crippen molar-refractivity contribution in [1.82, 2.24) is 4.90 Å². The Hall–Kier alpha value is -0.570. The third-order valence-electron chi connectivity index (χ3n) is 4.81. The molecule has 4 atom stereocenters. The van der Waals surface area contributed by atoms with Crippen LogP contribution in [0, 0.1) is 11.8 Å². The van der Waals surface area contributed by atoms with Gasteiger partial charge in [-0.25, -0.2) is 0 Å². The van der Waals surface area contributed by atoms with Crippen LogP contribution in [0.25, 0.3) is 0 Å². The highest BCUT2D eigenvalue weighted by Crippen LogP contribution is 2.35. The fourth-order valence-electron chi connectivity index (χ4n) is 3.44. The van der Waals surface area contributed by atoms with Crippen molar-refractivity contribution in [1.29, 1.82) is 0 Å². The van der Waals surface area contributed by atoms with Crippen LogP contribution in [0.2, 0.25) is 0 Å². The summed E-state index contributed by atoms with van der Waals surface area (Å²) in [5.74, 6) is 1.59. The van der Waals surface area contributed by atoms with E-state index < -0.39 is 0 Å². The average Bonchev–Trinajstić information content (AvgIpc) is 2.80. The van der Waals surface area contributed by atoms with E-state index in [4.69, 9.17) is 4.74 Å². The smallest absolute Gasteiger partial charge is 0.323 e. The number of hydrogen-bond acceptors (Lipinski definition) is 3. The van der Waals surface area contributed by atoms with Crippen molar-refractivity contribution >= 4 is 5.97 Å². The van der Waals surface area contributed by atoms with Crippen LogP contribution in [0.5, 0.6) is 0 Å². The Morgan fingerprint density at radius 2 is 1.94 bits per heavy atom. The van der Waals surface area contributed by atoms with E-state index in [-0.39, 0.29) is 12.0 Å². The van der Waals surface area contributed by atoms with Gasteiger partial charge >= 0.3 is 5.97 Å². The van der Waals surface area contributed by atoms with E-state index in [1.165, 1.54) is 26.4 Å². The molecular formula is C14H25NO2. The number of methoxy groups -OCH3 is 1. The lowest BCUT2D eigenvalue weighted by molar-refractivity contribution is -0.147. The highest BCUT2D eigenvalue weighted by atomic mass is 16.5. The molecule has 2 rings (SSSR count). The van der Waals surface area contributed by atoms with E-state index in [0.29, 0.717) is 6.04 Å². The number of rotatable bonds is 2. The van der Waals surface area contributed by atoms with Crippen molar-refractivity contribution in [2.75, 3.05) is 13.7 Å². The van der Waals surface area contributed by atoms with E-state index in [0.717, 1.165) is 31.2 Å². The van der Waals surface area contributed by atoms with Crippen LogP contribution in [0.1, 0.15) is 46.0 Å². The van der Waals surface area contributed by atoms with Gasteiger partial charge in [0.1, 0.15) is 6.04 Å². The van der Waals surface area contributed by atoms with Crippen LogP contribution >= 0.6 is 0 Å².